The van der Waals surface area contributed by atoms with Crippen LogP contribution in [-0.4, -0.2) is 19.1 Å². The predicted octanol–water partition coefficient (Wildman–Crippen LogP) is 5.93. The van der Waals surface area contributed by atoms with Gasteiger partial charge in [0.1, 0.15) is 0 Å². The average molecular weight is 402 g/mol. The van der Waals surface area contributed by atoms with Gasteiger partial charge >= 0.3 is 5.97 Å². The van der Waals surface area contributed by atoms with E-state index in [0.717, 1.165) is 6.42 Å². The number of aryl methyl sites for hydroxylation is 1. The van der Waals surface area contributed by atoms with E-state index in [-0.39, 0.29) is 5.97 Å². The molecule has 3 nitrogen and oxygen atoms in total. The second kappa shape index (κ2) is 9.44. The van der Waals surface area contributed by atoms with E-state index in [1.165, 1.54) is 53.8 Å². The second-order valence-corrected chi connectivity index (χ2v) is 8.48. The Labute approximate surface area is 179 Å². The first-order chi connectivity index (χ1) is 14.6. The minimum absolute atomic E-state index is 0.149. The topological polar surface area (TPSA) is 38.3 Å². The van der Waals surface area contributed by atoms with Crippen LogP contribution in [0.2, 0.25) is 0 Å². The van der Waals surface area contributed by atoms with Gasteiger partial charge in [0.05, 0.1) is 7.11 Å². The lowest BCUT2D eigenvalue weighted by Crippen LogP contribution is -2.29. The third-order valence-corrected chi connectivity index (χ3v) is 6.50. The van der Waals surface area contributed by atoms with Crippen molar-refractivity contribution in [3.05, 3.63) is 83.4 Å². The van der Waals surface area contributed by atoms with Crippen LogP contribution < -0.4 is 5.32 Å². The molecule has 1 fully saturated rings. The molecule has 0 saturated heterocycles. The van der Waals surface area contributed by atoms with Gasteiger partial charge in [-0.25, -0.2) is 0 Å². The van der Waals surface area contributed by atoms with Crippen LogP contribution in [0.4, 0.5) is 0 Å². The van der Waals surface area contributed by atoms with E-state index in [2.05, 4.69) is 79.0 Å². The number of carbonyl (C=O) groups is 1. The number of fused-ring (bicyclic) bond motifs is 1. The van der Waals surface area contributed by atoms with E-state index in [4.69, 9.17) is 4.74 Å². The van der Waals surface area contributed by atoms with Crippen molar-refractivity contribution in [3.8, 4) is 0 Å². The highest BCUT2D eigenvalue weighted by Gasteiger charge is 2.27. The van der Waals surface area contributed by atoms with Gasteiger partial charge < -0.3 is 10.1 Å². The summed E-state index contributed by atoms with van der Waals surface area (Å²) >= 11 is 0. The van der Waals surface area contributed by atoms with Crippen LogP contribution >= 0.6 is 0 Å². The fraction of sp³-hybridized carbons (Fsp3) is 0.370. The van der Waals surface area contributed by atoms with Gasteiger partial charge in [0.2, 0.25) is 0 Å². The maximum atomic E-state index is 11.3. The van der Waals surface area contributed by atoms with Crippen molar-refractivity contribution >= 4 is 16.7 Å². The van der Waals surface area contributed by atoms with Gasteiger partial charge in [-0.1, -0.05) is 66.7 Å². The molecule has 1 aliphatic rings. The SMILES string of the molecule is COC(=O)CCc1ccc([C@H]2CC[C@H](N[C@H](C)c3cccc4ccccc34)C2)cc1. The van der Waals surface area contributed by atoms with Gasteiger partial charge in [-0.3, -0.25) is 4.79 Å². The Morgan fingerprint density at radius 3 is 2.60 bits per heavy atom. The molecule has 3 aromatic rings. The largest absolute Gasteiger partial charge is 0.469 e. The van der Waals surface area contributed by atoms with Crippen LogP contribution in [0.1, 0.15) is 61.3 Å². The van der Waals surface area contributed by atoms with E-state index >= 15 is 0 Å². The minimum Gasteiger partial charge on any atom is -0.469 e. The van der Waals surface area contributed by atoms with Gasteiger partial charge in [-0.15, -0.1) is 0 Å². The molecule has 0 aromatic heterocycles. The quantitative estimate of drug-likeness (QED) is 0.499. The molecular weight excluding hydrogens is 370 g/mol. The van der Waals surface area contributed by atoms with Crippen molar-refractivity contribution in [1.29, 1.82) is 0 Å². The first-order valence-electron chi connectivity index (χ1n) is 11.0. The Bertz CT molecular complexity index is 990. The van der Waals surface area contributed by atoms with Crippen molar-refractivity contribution in [2.45, 2.75) is 57.0 Å². The fourth-order valence-electron chi connectivity index (χ4n) is 4.81. The predicted molar refractivity (Wildman–Crippen MR) is 123 cm³/mol. The fourth-order valence-corrected chi connectivity index (χ4v) is 4.81. The first-order valence-corrected chi connectivity index (χ1v) is 11.0. The molecule has 1 aliphatic carbocycles. The van der Waals surface area contributed by atoms with Gasteiger partial charge in [0.25, 0.3) is 0 Å². The molecule has 3 heteroatoms. The van der Waals surface area contributed by atoms with E-state index in [9.17, 15) is 4.79 Å². The number of benzene rings is 3. The summed E-state index contributed by atoms with van der Waals surface area (Å²) < 4.78 is 4.73. The number of esters is 1. The van der Waals surface area contributed by atoms with E-state index in [1.54, 1.807) is 0 Å². The number of hydrogen-bond donors (Lipinski definition) is 1. The molecule has 1 N–H and O–H groups in total. The Morgan fingerprint density at radius 2 is 1.80 bits per heavy atom. The Kier molecular flexibility index (Phi) is 6.49. The van der Waals surface area contributed by atoms with Crippen LogP contribution in [0.3, 0.4) is 0 Å². The average Bonchev–Trinajstić information content (AvgIpc) is 3.25. The molecule has 0 aliphatic heterocycles. The molecule has 0 bridgehead atoms. The number of nitrogens with one attached hydrogen (secondary N) is 1. The molecule has 0 unspecified atom stereocenters. The van der Waals surface area contributed by atoms with Crippen LogP contribution in [0, 0.1) is 0 Å². The molecule has 4 rings (SSSR count). The van der Waals surface area contributed by atoms with Gasteiger partial charge in [0.15, 0.2) is 0 Å². The molecule has 30 heavy (non-hydrogen) atoms. The second-order valence-electron chi connectivity index (χ2n) is 8.48. The number of ether oxygens (including phenoxy) is 1. The molecule has 3 aromatic carbocycles. The van der Waals surface area contributed by atoms with E-state index in [1.807, 2.05) is 0 Å². The van der Waals surface area contributed by atoms with Crippen molar-refractivity contribution in [2.75, 3.05) is 7.11 Å². The van der Waals surface area contributed by atoms with Crippen LogP contribution in [0.15, 0.2) is 66.7 Å². The summed E-state index contributed by atoms with van der Waals surface area (Å²) in [5.41, 5.74) is 3.99. The monoisotopic (exact) mass is 401 g/mol. The van der Waals surface area contributed by atoms with Gasteiger partial charge in [-0.2, -0.15) is 0 Å². The zero-order valence-electron chi connectivity index (χ0n) is 17.9. The third kappa shape index (κ3) is 4.73. The van der Waals surface area contributed by atoms with Crippen molar-refractivity contribution in [1.82, 2.24) is 5.32 Å². The minimum atomic E-state index is -0.149. The van der Waals surface area contributed by atoms with E-state index in [0.29, 0.717) is 24.4 Å². The summed E-state index contributed by atoms with van der Waals surface area (Å²) in [6.07, 6.45) is 4.80. The summed E-state index contributed by atoms with van der Waals surface area (Å²) in [5.74, 6) is 0.459. The molecule has 156 valence electrons. The summed E-state index contributed by atoms with van der Waals surface area (Å²) in [7, 11) is 1.44. The van der Waals surface area contributed by atoms with E-state index < -0.39 is 0 Å². The molecule has 0 amide bonds. The Balaban J connectivity index is 1.35. The maximum Gasteiger partial charge on any atom is 0.305 e. The summed E-state index contributed by atoms with van der Waals surface area (Å²) in [4.78, 5) is 11.3. The number of carbonyl (C=O) groups excluding carboxylic acids is 1. The van der Waals surface area contributed by atoms with Gasteiger partial charge in [0, 0.05) is 18.5 Å². The zero-order valence-corrected chi connectivity index (χ0v) is 17.9. The van der Waals surface area contributed by atoms with Crippen molar-refractivity contribution < 1.29 is 9.53 Å². The lowest BCUT2D eigenvalue weighted by molar-refractivity contribution is -0.140. The Morgan fingerprint density at radius 1 is 1.03 bits per heavy atom. The molecule has 0 spiro atoms. The zero-order chi connectivity index (χ0) is 20.9. The summed E-state index contributed by atoms with van der Waals surface area (Å²) in [5, 5.41) is 6.54. The summed E-state index contributed by atoms with van der Waals surface area (Å²) in [6, 6.07) is 24.9. The number of methoxy groups -OCH3 is 1. The molecule has 3 atom stereocenters. The van der Waals surface area contributed by atoms with Crippen LogP contribution in [0.25, 0.3) is 10.8 Å². The third-order valence-electron chi connectivity index (χ3n) is 6.50. The standard InChI is InChI=1S/C27H31NO2/c1-19(25-9-5-7-22-6-3-4-8-26(22)25)28-24-16-15-23(18-24)21-13-10-20(11-14-21)12-17-27(29)30-2/h3-11,13-14,19,23-24,28H,12,15-18H2,1-2H3/t19-,23+,24+/m1/s1. The lowest BCUT2D eigenvalue weighted by Gasteiger charge is -2.21. The Hall–Kier alpha value is -2.65. The van der Waals surface area contributed by atoms with Crippen molar-refractivity contribution in [3.63, 3.8) is 0 Å². The first kappa shape index (κ1) is 20.6. The molecular formula is C27H31NO2. The highest BCUT2D eigenvalue weighted by molar-refractivity contribution is 5.86. The highest BCUT2D eigenvalue weighted by Crippen LogP contribution is 2.36. The number of hydrogen-bond acceptors (Lipinski definition) is 3. The molecule has 0 heterocycles. The maximum absolute atomic E-state index is 11.3. The smallest absolute Gasteiger partial charge is 0.305 e. The normalized spacial score (nSPS) is 19.7. The molecule has 1 saturated carbocycles. The van der Waals surface area contributed by atoms with Crippen LogP contribution in [0.5, 0.6) is 0 Å². The highest BCUT2D eigenvalue weighted by atomic mass is 16.5. The van der Waals surface area contributed by atoms with Crippen LogP contribution in [-0.2, 0) is 16.0 Å². The lowest BCUT2D eigenvalue weighted by atomic mass is 9.95. The number of rotatable bonds is 7. The molecule has 0 radical (unpaired) electrons. The van der Waals surface area contributed by atoms with Gasteiger partial charge in [-0.05, 0) is 66.0 Å². The van der Waals surface area contributed by atoms with Crippen molar-refractivity contribution in [2.24, 2.45) is 0 Å². The summed E-state index contributed by atoms with van der Waals surface area (Å²) in [6.45, 7) is 2.28.